The molecule has 1 unspecified atom stereocenters. The highest BCUT2D eigenvalue weighted by Gasteiger charge is 2.56. The molecule has 2 aromatic carbocycles. The Hall–Kier alpha value is -2.11. The number of para-hydroxylation sites is 1. The summed E-state index contributed by atoms with van der Waals surface area (Å²) in [6.45, 7) is 7.56. The van der Waals surface area contributed by atoms with Crippen molar-refractivity contribution in [1.82, 2.24) is 0 Å². The second-order valence-corrected chi connectivity index (χ2v) is 11.2. The van der Waals surface area contributed by atoms with Crippen molar-refractivity contribution in [1.29, 1.82) is 0 Å². The summed E-state index contributed by atoms with van der Waals surface area (Å²) in [7, 11) is 0. The Morgan fingerprint density at radius 3 is 1.82 bits per heavy atom. The highest BCUT2D eigenvalue weighted by molar-refractivity contribution is 5.52. The van der Waals surface area contributed by atoms with Crippen LogP contribution in [0.5, 0.6) is 0 Å². The summed E-state index contributed by atoms with van der Waals surface area (Å²) in [5, 5.41) is 3.36. The van der Waals surface area contributed by atoms with Crippen molar-refractivity contribution in [3.63, 3.8) is 0 Å². The van der Waals surface area contributed by atoms with Gasteiger partial charge in [-0.1, -0.05) is 139 Å². The number of anilines is 1. The van der Waals surface area contributed by atoms with Crippen LogP contribution in [0.4, 0.5) is 27.6 Å². The van der Waals surface area contributed by atoms with Crippen LogP contribution >= 0.6 is 0 Å². The van der Waals surface area contributed by atoms with E-state index in [1.54, 1.807) is 0 Å². The molecule has 0 saturated heterocycles. The molecule has 0 spiro atoms. The fraction of sp³-hybridized carbons (Fsp3) is 0.647. The van der Waals surface area contributed by atoms with Crippen LogP contribution in [0, 0.1) is 12.8 Å². The molecule has 3 rings (SSSR count). The first-order chi connectivity index (χ1) is 19.1. The standard InChI is InChI=1S/C18H33F5.C9H11N.C7H8/c1-3-4-5-6-7-8-10-13-16(2)14-11-9-12-15-17(19,20)18(21,22)23;1-2-6-9-8(4-1)5-3-7-10-9;1-7-5-3-2-4-6-7/h16H,3-15H2,1-2H3;1-2,4,6,10H,3,5,7H2;2-6H,1H3. The van der Waals surface area contributed by atoms with E-state index in [1.807, 2.05) is 18.2 Å². The van der Waals surface area contributed by atoms with Crippen molar-refractivity contribution in [3.05, 3.63) is 65.7 Å². The fourth-order valence-electron chi connectivity index (χ4n) is 4.70. The van der Waals surface area contributed by atoms with Gasteiger partial charge in [-0.25, -0.2) is 0 Å². The Bertz CT molecular complexity index is 841. The average molecular weight is 570 g/mol. The third-order valence-corrected chi connectivity index (χ3v) is 7.30. The summed E-state index contributed by atoms with van der Waals surface area (Å²) in [5.41, 5.74) is 4.12. The molecule has 0 saturated carbocycles. The van der Waals surface area contributed by atoms with Gasteiger partial charge in [-0.05, 0) is 43.7 Å². The first kappa shape index (κ1) is 35.9. The lowest BCUT2D eigenvalue weighted by Gasteiger charge is -2.19. The molecule has 0 radical (unpaired) electrons. The monoisotopic (exact) mass is 569 g/mol. The SMILES string of the molecule is CCCCCCCCCC(C)CCCCCC(F)(F)C(F)(F)F.Cc1ccccc1.c1ccc2c(c1)CCCN2. The predicted molar refractivity (Wildman–Crippen MR) is 160 cm³/mol. The summed E-state index contributed by atoms with van der Waals surface area (Å²) >= 11 is 0. The van der Waals surface area contributed by atoms with Crippen LogP contribution < -0.4 is 5.32 Å². The van der Waals surface area contributed by atoms with Gasteiger partial charge in [-0.2, -0.15) is 22.0 Å². The quantitative estimate of drug-likeness (QED) is 0.176. The van der Waals surface area contributed by atoms with Crippen molar-refractivity contribution in [2.24, 2.45) is 5.92 Å². The molecule has 6 heteroatoms. The predicted octanol–water partition coefficient (Wildman–Crippen LogP) is 12.0. The van der Waals surface area contributed by atoms with E-state index in [-0.39, 0.29) is 6.42 Å². The zero-order valence-corrected chi connectivity index (χ0v) is 25.0. The first-order valence-electron chi connectivity index (χ1n) is 15.3. The topological polar surface area (TPSA) is 12.0 Å². The normalized spacial score (nSPS) is 13.6. The maximum Gasteiger partial charge on any atom is 0.453 e. The van der Waals surface area contributed by atoms with Crippen LogP contribution in [0.1, 0.15) is 115 Å². The minimum absolute atomic E-state index is 0.0589. The molecule has 0 aliphatic carbocycles. The van der Waals surface area contributed by atoms with Gasteiger partial charge >= 0.3 is 12.1 Å². The van der Waals surface area contributed by atoms with Crippen molar-refractivity contribution in [2.45, 2.75) is 129 Å². The minimum atomic E-state index is -5.41. The van der Waals surface area contributed by atoms with Crippen LogP contribution in [0.2, 0.25) is 0 Å². The number of unbranched alkanes of at least 4 members (excludes halogenated alkanes) is 8. The zero-order chi connectivity index (χ0) is 29.7. The molecule has 1 atom stereocenters. The molecule has 228 valence electrons. The number of alkyl halides is 5. The maximum atomic E-state index is 12.7. The number of nitrogens with one attached hydrogen (secondary N) is 1. The second-order valence-electron chi connectivity index (χ2n) is 11.2. The Balaban J connectivity index is 0.000000375. The van der Waals surface area contributed by atoms with Crippen LogP contribution in [-0.4, -0.2) is 18.6 Å². The largest absolute Gasteiger partial charge is 0.453 e. The molecule has 1 aliphatic heterocycles. The van der Waals surface area contributed by atoms with Gasteiger partial charge < -0.3 is 5.32 Å². The lowest BCUT2D eigenvalue weighted by Crippen LogP contribution is -2.36. The van der Waals surface area contributed by atoms with Crippen molar-refractivity contribution in [2.75, 3.05) is 11.9 Å². The van der Waals surface area contributed by atoms with Gasteiger partial charge in [-0.3, -0.25) is 0 Å². The summed E-state index contributed by atoms with van der Waals surface area (Å²) in [5.74, 6) is -4.00. The molecule has 2 aromatic rings. The van der Waals surface area contributed by atoms with E-state index in [2.05, 4.69) is 62.5 Å². The molecular weight excluding hydrogens is 517 g/mol. The van der Waals surface area contributed by atoms with Gasteiger partial charge in [0.15, 0.2) is 0 Å². The number of hydrogen-bond donors (Lipinski definition) is 1. The van der Waals surface area contributed by atoms with Crippen molar-refractivity contribution < 1.29 is 22.0 Å². The number of benzene rings is 2. The van der Waals surface area contributed by atoms with E-state index in [4.69, 9.17) is 0 Å². The first-order valence-corrected chi connectivity index (χ1v) is 15.3. The van der Waals surface area contributed by atoms with E-state index >= 15 is 0 Å². The summed E-state index contributed by atoms with van der Waals surface area (Å²) < 4.78 is 61.4. The van der Waals surface area contributed by atoms with Gasteiger partial charge in [-0.15, -0.1) is 0 Å². The van der Waals surface area contributed by atoms with Crippen LogP contribution in [0.15, 0.2) is 54.6 Å². The summed E-state index contributed by atoms with van der Waals surface area (Å²) in [4.78, 5) is 0. The van der Waals surface area contributed by atoms with E-state index in [1.165, 1.54) is 74.6 Å². The Kier molecular flexibility index (Phi) is 18.6. The Labute approximate surface area is 240 Å². The number of aryl methyl sites for hydroxylation is 2. The van der Waals surface area contributed by atoms with E-state index in [0.717, 1.165) is 25.8 Å². The van der Waals surface area contributed by atoms with E-state index in [9.17, 15) is 22.0 Å². The maximum absolute atomic E-state index is 12.7. The molecule has 1 N–H and O–H groups in total. The highest BCUT2D eigenvalue weighted by Crippen LogP contribution is 2.39. The molecule has 1 heterocycles. The van der Waals surface area contributed by atoms with Crippen LogP contribution in [0.3, 0.4) is 0 Å². The summed E-state index contributed by atoms with van der Waals surface area (Å²) in [6, 6.07) is 18.8. The van der Waals surface area contributed by atoms with Gasteiger partial charge in [0.05, 0.1) is 0 Å². The molecule has 1 nitrogen and oxygen atoms in total. The third-order valence-electron chi connectivity index (χ3n) is 7.30. The lowest BCUT2D eigenvalue weighted by molar-refractivity contribution is -0.284. The minimum Gasteiger partial charge on any atom is -0.385 e. The fourth-order valence-corrected chi connectivity index (χ4v) is 4.70. The molecule has 40 heavy (non-hydrogen) atoms. The van der Waals surface area contributed by atoms with E-state index < -0.39 is 18.5 Å². The Morgan fingerprint density at radius 1 is 0.725 bits per heavy atom. The van der Waals surface area contributed by atoms with Crippen molar-refractivity contribution in [3.8, 4) is 0 Å². The van der Waals surface area contributed by atoms with E-state index in [0.29, 0.717) is 12.3 Å². The molecule has 0 fully saturated rings. The van der Waals surface area contributed by atoms with Gasteiger partial charge in [0.25, 0.3) is 0 Å². The molecular formula is C34H52F5N. The van der Waals surface area contributed by atoms with Crippen LogP contribution in [-0.2, 0) is 6.42 Å². The third kappa shape index (κ3) is 16.9. The molecule has 1 aliphatic rings. The smallest absolute Gasteiger partial charge is 0.385 e. The number of fused-ring (bicyclic) bond motifs is 1. The molecule has 0 bridgehead atoms. The molecule has 0 aromatic heterocycles. The van der Waals surface area contributed by atoms with Gasteiger partial charge in [0.1, 0.15) is 0 Å². The molecule has 0 amide bonds. The zero-order valence-electron chi connectivity index (χ0n) is 25.0. The van der Waals surface area contributed by atoms with Crippen LogP contribution in [0.25, 0.3) is 0 Å². The highest BCUT2D eigenvalue weighted by atomic mass is 19.4. The van der Waals surface area contributed by atoms with Gasteiger partial charge in [0, 0.05) is 18.7 Å². The summed E-state index contributed by atoms with van der Waals surface area (Å²) in [6.07, 6.45) is 8.11. The number of rotatable bonds is 14. The van der Waals surface area contributed by atoms with Crippen molar-refractivity contribution >= 4 is 5.69 Å². The number of halogens is 5. The average Bonchev–Trinajstić information content (AvgIpc) is 2.93. The number of hydrogen-bond acceptors (Lipinski definition) is 1. The van der Waals surface area contributed by atoms with Gasteiger partial charge in [0.2, 0.25) is 0 Å². The lowest BCUT2D eigenvalue weighted by atomic mass is 9.95. The second kappa shape index (κ2) is 20.7. The Morgan fingerprint density at radius 2 is 1.27 bits per heavy atom.